The summed E-state index contributed by atoms with van der Waals surface area (Å²) in [6.45, 7) is 12.0. The summed E-state index contributed by atoms with van der Waals surface area (Å²) in [6.07, 6.45) is 5.82. The second-order valence-corrected chi connectivity index (χ2v) is 8.55. The molecule has 3 rings (SSSR count). The SMILES string of the molecule is CN=C(NCCCN1CCC(C)CC1)NCc1ccc(N2CCN(C)CC2)nc1.I. The third-order valence-corrected chi connectivity index (χ3v) is 6.14. The minimum absolute atomic E-state index is 0. The molecule has 3 heterocycles. The largest absolute Gasteiger partial charge is 0.356 e. The van der Waals surface area contributed by atoms with Gasteiger partial charge in [0, 0.05) is 52.5 Å². The summed E-state index contributed by atoms with van der Waals surface area (Å²) in [5, 5.41) is 6.83. The maximum atomic E-state index is 4.67. The molecular formula is C22H40IN7. The third kappa shape index (κ3) is 8.19. The Bertz CT molecular complexity index is 621. The van der Waals surface area contributed by atoms with Crippen molar-refractivity contribution in [2.75, 3.05) is 71.4 Å². The van der Waals surface area contributed by atoms with Crippen molar-refractivity contribution < 1.29 is 0 Å². The van der Waals surface area contributed by atoms with E-state index in [9.17, 15) is 0 Å². The highest BCUT2D eigenvalue weighted by Gasteiger charge is 2.16. The molecule has 1 aromatic rings. The van der Waals surface area contributed by atoms with Gasteiger partial charge in [-0.3, -0.25) is 4.99 Å². The number of aliphatic imine (C=N–C) groups is 1. The van der Waals surface area contributed by atoms with Crippen molar-refractivity contribution in [2.24, 2.45) is 10.9 Å². The first-order valence-corrected chi connectivity index (χ1v) is 11.2. The molecule has 7 nitrogen and oxygen atoms in total. The van der Waals surface area contributed by atoms with Gasteiger partial charge in [0.2, 0.25) is 0 Å². The number of nitrogens with zero attached hydrogens (tertiary/aromatic N) is 5. The van der Waals surface area contributed by atoms with Crippen LogP contribution in [0, 0.1) is 5.92 Å². The topological polar surface area (TPSA) is 59.0 Å². The summed E-state index contributed by atoms with van der Waals surface area (Å²) in [4.78, 5) is 16.3. The number of halogens is 1. The molecule has 0 atom stereocenters. The van der Waals surface area contributed by atoms with Crippen LogP contribution in [0.1, 0.15) is 31.7 Å². The second-order valence-electron chi connectivity index (χ2n) is 8.55. The average Bonchev–Trinajstić information content (AvgIpc) is 2.75. The highest BCUT2D eigenvalue weighted by molar-refractivity contribution is 14.0. The molecule has 2 saturated heterocycles. The molecule has 2 aliphatic rings. The predicted octanol–water partition coefficient (Wildman–Crippen LogP) is 2.24. The van der Waals surface area contributed by atoms with E-state index >= 15 is 0 Å². The van der Waals surface area contributed by atoms with Gasteiger partial charge < -0.3 is 25.3 Å². The summed E-state index contributed by atoms with van der Waals surface area (Å²) in [6, 6.07) is 4.30. The molecule has 8 heteroatoms. The van der Waals surface area contributed by atoms with E-state index < -0.39 is 0 Å². The predicted molar refractivity (Wildman–Crippen MR) is 137 cm³/mol. The maximum absolute atomic E-state index is 4.67. The van der Waals surface area contributed by atoms with Crippen molar-refractivity contribution in [3.05, 3.63) is 23.9 Å². The number of rotatable bonds is 7. The minimum atomic E-state index is 0. The van der Waals surface area contributed by atoms with Crippen LogP contribution in [-0.2, 0) is 6.54 Å². The Kier molecular flexibility index (Phi) is 11.2. The Balaban J connectivity index is 0.00000320. The first-order chi connectivity index (χ1) is 14.1. The number of guanidine groups is 1. The van der Waals surface area contributed by atoms with Crippen LogP contribution in [0.15, 0.2) is 23.3 Å². The fourth-order valence-electron chi connectivity index (χ4n) is 3.95. The first kappa shape index (κ1) is 25.1. The molecular weight excluding hydrogens is 489 g/mol. The van der Waals surface area contributed by atoms with Gasteiger partial charge in [0.1, 0.15) is 5.82 Å². The molecule has 0 aliphatic carbocycles. The van der Waals surface area contributed by atoms with Crippen LogP contribution in [0.25, 0.3) is 0 Å². The molecule has 0 aromatic carbocycles. The molecule has 0 radical (unpaired) electrons. The number of anilines is 1. The molecule has 0 amide bonds. The normalized spacial score (nSPS) is 19.4. The number of likely N-dealkylation sites (N-methyl/N-ethyl adjacent to an activating group) is 1. The van der Waals surface area contributed by atoms with Gasteiger partial charge in [-0.2, -0.15) is 0 Å². The van der Waals surface area contributed by atoms with Gasteiger partial charge in [0.05, 0.1) is 0 Å². The van der Waals surface area contributed by atoms with Crippen LogP contribution in [-0.4, -0.2) is 87.2 Å². The Hall–Kier alpha value is -1.13. The lowest BCUT2D eigenvalue weighted by atomic mass is 9.99. The quantitative estimate of drug-likeness (QED) is 0.245. The van der Waals surface area contributed by atoms with Gasteiger partial charge in [-0.25, -0.2) is 4.98 Å². The van der Waals surface area contributed by atoms with Crippen LogP contribution in [0.2, 0.25) is 0 Å². The lowest BCUT2D eigenvalue weighted by Crippen LogP contribution is -2.44. The second kappa shape index (κ2) is 13.3. The molecule has 2 N–H and O–H groups in total. The molecule has 0 spiro atoms. The highest BCUT2D eigenvalue weighted by atomic mass is 127. The van der Waals surface area contributed by atoms with E-state index in [2.05, 4.69) is 61.4 Å². The van der Waals surface area contributed by atoms with Crippen molar-refractivity contribution >= 4 is 35.8 Å². The summed E-state index contributed by atoms with van der Waals surface area (Å²) in [5.41, 5.74) is 1.17. The van der Waals surface area contributed by atoms with E-state index in [-0.39, 0.29) is 24.0 Å². The molecule has 2 fully saturated rings. The number of pyridine rings is 1. The fourth-order valence-corrected chi connectivity index (χ4v) is 3.95. The fraction of sp³-hybridized carbons (Fsp3) is 0.727. The van der Waals surface area contributed by atoms with Gasteiger partial charge >= 0.3 is 0 Å². The van der Waals surface area contributed by atoms with Gasteiger partial charge in [0.25, 0.3) is 0 Å². The molecule has 1 aromatic heterocycles. The zero-order valence-electron chi connectivity index (χ0n) is 18.9. The smallest absolute Gasteiger partial charge is 0.191 e. The number of aromatic nitrogens is 1. The van der Waals surface area contributed by atoms with Gasteiger partial charge in [-0.15, -0.1) is 24.0 Å². The van der Waals surface area contributed by atoms with E-state index in [0.717, 1.165) is 63.4 Å². The van der Waals surface area contributed by atoms with Crippen LogP contribution in [0.5, 0.6) is 0 Å². The standard InChI is InChI=1S/C22H39N7.HI/c1-19-7-11-28(12-8-19)10-4-9-24-22(23-2)26-18-20-5-6-21(25-17-20)29-15-13-27(3)14-16-29;/h5-6,17,19H,4,7-16,18H2,1-3H3,(H2,23,24,26);1H. The lowest BCUT2D eigenvalue weighted by Gasteiger charge is -2.33. The van der Waals surface area contributed by atoms with E-state index in [0.29, 0.717) is 0 Å². The van der Waals surface area contributed by atoms with Gasteiger partial charge in [0.15, 0.2) is 5.96 Å². The Morgan fingerprint density at radius 1 is 1.10 bits per heavy atom. The number of piperazine rings is 1. The van der Waals surface area contributed by atoms with Crippen LogP contribution >= 0.6 is 24.0 Å². The van der Waals surface area contributed by atoms with E-state index in [4.69, 9.17) is 0 Å². The zero-order valence-corrected chi connectivity index (χ0v) is 21.3. The van der Waals surface area contributed by atoms with Crippen LogP contribution in [0.4, 0.5) is 5.82 Å². The molecule has 30 heavy (non-hydrogen) atoms. The highest BCUT2D eigenvalue weighted by Crippen LogP contribution is 2.16. The zero-order chi connectivity index (χ0) is 20.5. The van der Waals surface area contributed by atoms with Gasteiger partial charge in [-0.1, -0.05) is 13.0 Å². The molecule has 0 bridgehead atoms. The lowest BCUT2D eigenvalue weighted by molar-refractivity contribution is 0.191. The first-order valence-electron chi connectivity index (χ1n) is 11.2. The third-order valence-electron chi connectivity index (χ3n) is 6.14. The van der Waals surface area contributed by atoms with E-state index in [1.54, 1.807) is 0 Å². The number of hydrogen-bond acceptors (Lipinski definition) is 5. The monoisotopic (exact) mass is 529 g/mol. The number of piperidine rings is 1. The Morgan fingerprint density at radius 3 is 2.47 bits per heavy atom. The van der Waals surface area contributed by atoms with Crippen molar-refractivity contribution in [3.63, 3.8) is 0 Å². The van der Waals surface area contributed by atoms with Crippen molar-refractivity contribution in [1.29, 1.82) is 0 Å². The average molecular weight is 530 g/mol. The van der Waals surface area contributed by atoms with Crippen molar-refractivity contribution in [3.8, 4) is 0 Å². The molecule has 2 aliphatic heterocycles. The Morgan fingerprint density at radius 2 is 1.83 bits per heavy atom. The molecule has 0 unspecified atom stereocenters. The Labute approximate surface area is 199 Å². The number of likely N-dealkylation sites (tertiary alicyclic amines) is 1. The van der Waals surface area contributed by atoms with E-state index in [1.165, 1.54) is 38.0 Å². The maximum Gasteiger partial charge on any atom is 0.191 e. The number of hydrogen-bond donors (Lipinski definition) is 2. The minimum Gasteiger partial charge on any atom is -0.356 e. The summed E-state index contributed by atoms with van der Waals surface area (Å²) in [5.74, 6) is 2.84. The summed E-state index contributed by atoms with van der Waals surface area (Å²) < 4.78 is 0. The molecule has 170 valence electrons. The summed E-state index contributed by atoms with van der Waals surface area (Å²) in [7, 11) is 4.00. The molecule has 0 saturated carbocycles. The van der Waals surface area contributed by atoms with Crippen molar-refractivity contribution in [1.82, 2.24) is 25.4 Å². The van der Waals surface area contributed by atoms with Gasteiger partial charge in [-0.05, 0) is 63.5 Å². The van der Waals surface area contributed by atoms with Crippen LogP contribution < -0.4 is 15.5 Å². The van der Waals surface area contributed by atoms with E-state index in [1.807, 2.05) is 13.2 Å². The number of nitrogens with one attached hydrogen (secondary N) is 2. The summed E-state index contributed by atoms with van der Waals surface area (Å²) >= 11 is 0. The van der Waals surface area contributed by atoms with Crippen LogP contribution in [0.3, 0.4) is 0 Å². The van der Waals surface area contributed by atoms with Crippen molar-refractivity contribution in [2.45, 2.75) is 32.7 Å².